The van der Waals surface area contributed by atoms with E-state index in [1.807, 2.05) is 0 Å². The number of aliphatic carboxylic acids is 1. The zero-order valence-electron chi connectivity index (χ0n) is 36.1. The van der Waals surface area contributed by atoms with E-state index in [0.717, 1.165) is 96.3 Å². The first-order valence-corrected chi connectivity index (χ1v) is 22.9. The van der Waals surface area contributed by atoms with Gasteiger partial charge in [0, 0.05) is 12.8 Å². The molecule has 0 spiro atoms. The van der Waals surface area contributed by atoms with E-state index >= 15 is 0 Å². The molecule has 18 heteroatoms. The Morgan fingerprint density at radius 3 is 1.26 bits per heavy atom. The second-order valence-corrected chi connectivity index (χ2v) is 17.8. The third-order valence-corrected chi connectivity index (χ3v) is 12.7. The van der Waals surface area contributed by atoms with Gasteiger partial charge in [0.15, 0.2) is 0 Å². The molecule has 6 atom stereocenters. The molecule has 3 aliphatic rings. The Bertz CT molecular complexity index is 1450. The molecule has 0 aromatic carbocycles. The van der Waals surface area contributed by atoms with Crippen LogP contribution in [-0.2, 0) is 38.4 Å². The zero-order chi connectivity index (χ0) is 44.7. The smallest absolute Gasteiger partial charge is 0.303 e. The van der Waals surface area contributed by atoms with Crippen LogP contribution in [0.3, 0.4) is 0 Å². The zero-order valence-corrected chi connectivity index (χ0v) is 36.1. The van der Waals surface area contributed by atoms with Crippen LogP contribution < -0.4 is 49.5 Å². The van der Waals surface area contributed by atoms with Crippen LogP contribution in [0.5, 0.6) is 0 Å². The van der Waals surface area contributed by atoms with Crippen LogP contribution in [0.1, 0.15) is 161 Å². The summed E-state index contributed by atoms with van der Waals surface area (Å²) in [5.41, 5.74) is 23.0. The third kappa shape index (κ3) is 19.5. The first-order chi connectivity index (χ1) is 29.2. The van der Waals surface area contributed by atoms with Crippen LogP contribution in [0.25, 0.3) is 0 Å². The largest absolute Gasteiger partial charge is 0.481 e. The van der Waals surface area contributed by atoms with Crippen LogP contribution >= 0.6 is 0 Å². The number of amides is 7. The Labute approximate surface area is 360 Å². The first-order valence-electron chi connectivity index (χ1n) is 22.9. The number of nitrogens with one attached hydrogen (secondary N) is 5. The molecule has 346 valence electrons. The van der Waals surface area contributed by atoms with E-state index in [9.17, 15) is 43.5 Å². The Morgan fingerprint density at radius 2 is 0.852 bits per heavy atom. The SMILES string of the molecule is NCCCC[C@H](NC(=O)[C@H](CC1CCCCC1)NC(=O)[C@H](CCC(N)=O)NC(=O)[C@H](CC1CCCCC1)NC(=O)[C@H](CCC(=O)O)NC(=O)[C@@H](N)CC1CCCCC1)C(N)=O. The van der Waals surface area contributed by atoms with Gasteiger partial charge in [-0.25, -0.2) is 0 Å². The minimum atomic E-state index is -1.36. The van der Waals surface area contributed by atoms with Crippen molar-refractivity contribution in [2.24, 2.45) is 40.7 Å². The number of hydrogen-bond acceptors (Lipinski definition) is 10. The van der Waals surface area contributed by atoms with E-state index in [0.29, 0.717) is 25.8 Å². The second-order valence-electron chi connectivity index (χ2n) is 17.8. The summed E-state index contributed by atoms with van der Waals surface area (Å²) in [5.74, 6) is -5.65. The first kappa shape index (κ1) is 51.0. The van der Waals surface area contributed by atoms with Crippen LogP contribution in [0.4, 0.5) is 0 Å². The number of rotatable bonds is 27. The van der Waals surface area contributed by atoms with Crippen molar-refractivity contribution in [3.05, 3.63) is 0 Å². The van der Waals surface area contributed by atoms with Crippen molar-refractivity contribution < 1.29 is 43.5 Å². The summed E-state index contributed by atoms with van der Waals surface area (Å²) in [6.45, 7) is 0.403. The summed E-state index contributed by atoms with van der Waals surface area (Å²) in [5, 5.41) is 23.1. The lowest BCUT2D eigenvalue weighted by atomic mass is 9.84. The molecular weight excluding hydrogens is 787 g/mol. The number of hydrogen-bond donors (Lipinski definition) is 10. The molecule has 3 aliphatic carbocycles. The van der Waals surface area contributed by atoms with Crippen molar-refractivity contribution in [2.75, 3.05) is 6.54 Å². The van der Waals surface area contributed by atoms with Gasteiger partial charge >= 0.3 is 5.97 Å². The van der Waals surface area contributed by atoms with Crippen molar-refractivity contribution in [3.8, 4) is 0 Å². The van der Waals surface area contributed by atoms with Crippen LogP contribution in [0.15, 0.2) is 0 Å². The number of carbonyl (C=O) groups excluding carboxylic acids is 7. The molecule has 0 bridgehead atoms. The summed E-state index contributed by atoms with van der Waals surface area (Å²) < 4.78 is 0. The molecule has 0 aromatic rings. The molecule has 0 aliphatic heterocycles. The van der Waals surface area contributed by atoms with E-state index in [2.05, 4.69) is 26.6 Å². The Morgan fingerprint density at radius 1 is 0.475 bits per heavy atom. The average molecular weight is 862 g/mol. The highest BCUT2D eigenvalue weighted by molar-refractivity contribution is 5.97. The van der Waals surface area contributed by atoms with E-state index < -0.39 is 90.0 Å². The summed E-state index contributed by atoms with van der Waals surface area (Å²) in [6.07, 6.45) is 15.5. The normalized spacial score (nSPS) is 19.5. The predicted molar refractivity (Wildman–Crippen MR) is 229 cm³/mol. The molecule has 0 saturated heterocycles. The summed E-state index contributed by atoms with van der Waals surface area (Å²) >= 11 is 0. The third-order valence-electron chi connectivity index (χ3n) is 12.7. The Kier molecular flexibility index (Phi) is 23.1. The van der Waals surface area contributed by atoms with Crippen molar-refractivity contribution >= 4 is 47.3 Å². The lowest BCUT2D eigenvalue weighted by molar-refractivity contribution is -0.138. The molecule has 0 radical (unpaired) electrons. The van der Waals surface area contributed by atoms with Gasteiger partial charge < -0.3 is 54.6 Å². The van der Waals surface area contributed by atoms with Crippen LogP contribution in [0.2, 0.25) is 0 Å². The Balaban J connectivity index is 1.84. The molecule has 61 heavy (non-hydrogen) atoms. The number of unbranched alkanes of at least 4 members (excludes halogenated alkanes) is 1. The standard InChI is InChI=1S/C43H75N9O9/c44-23-11-10-18-31(38(47)56)48-42(60)34(25-28-14-6-2-7-15-28)51-40(58)32(19-21-36(46)53)50-43(61)35(26-29-16-8-3-9-17-29)52-41(59)33(20-22-37(54)55)49-39(57)30(45)24-27-12-4-1-5-13-27/h27-35H,1-26,44-45H2,(H2,46,53)(H2,47,56)(H,48,60)(H,49,57)(H,50,61)(H,51,58)(H,52,59)(H,54,55)/t30-,31-,32-,33-,34-,35-/m0/s1. The second kappa shape index (κ2) is 27.6. The van der Waals surface area contributed by atoms with Gasteiger partial charge in [0.2, 0.25) is 41.4 Å². The van der Waals surface area contributed by atoms with E-state index in [-0.39, 0.29) is 56.3 Å². The van der Waals surface area contributed by atoms with Gasteiger partial charge in [-0.1, -0.05) is 96.3 Å². The molecule has 14 N–H and O–H groups in total. The van der Waals surface area contributed by atoms with Gasteiger partial charge in [0.1, 0.15) is 30.2 Å². The van der Waals surface area contributed by atoms with Gasteiger partial charge in [-0.15, -0.1) is 0 Å². The van der Waals surface area contributed by atoms with Crippen molar-refractivity contribution in [1.29, 1.82) is 0 Å². The topological polar surface area (TPSA) is 321 Å². The number of nitrogens with two attached hydrogens (primary N) is 4. The summed E-state index contributed by atoms with van der Waals surface area (Å²) in [7, 11) is 0. The summed E-state index contributed by atoms with van der Waals surface area (Å²) in [6, 6.07) is -6.86. The fourth-order valence-corrected chi connectivity index (χ4v) is 9.10. The fourth-order valence-electron chi connectivity index (χ4n) is 9.10. The lowest BCUT2D eigenvalue weighted by Gasteiger charge is -2.31. The molecule has 0 aromatic heterocycles. The number of carboxylic acid groups (broad SMARTS) is 1. The highest BCUT2D eigenvalue weighted by atomic mass is 16.4. The average Bonchev–Trinajstić information content (AvgIpc) is 3.23. The molecule has 0 unspecified atom stereocenters. The molecule has 7 amide bonds. The highest BCUT2D eigenvalue weighted by Crippen LogP contribution is 2.29. The molecule has 3 saturated carbocycles. The highest BCUT2D eigenvalue weighted by Gasteiger charge is 2.35. The van der Waals surface area contributed by atoms with Gasteiger partial charge in [-0.3, -0.25) is 38.4 Å². The maximum atomic E-state index is 14.3. The van der Waals surface area contributed by atoms with Gasteiger partial charge in [-0.05, 0) is 75.7 Å². The van der Waals surface area contributed by atoms with Crippen molar-refractivity contribution in [1.82, 2.24) is 26.6 Å². The maximum absolute atomic E-state index is 14.3. The Hall–Kier alpha value is -4.32. The lowest BCUT2D eigenvalue weighted by Crippen LogP contribution is -2.60. The van der Waals surface area contributed by atoms with Crippen LogP contribution in [-0.4, -0.2) is 95.2 Å². The van der Waals surface area contributed by atoms with Crippen molar-refractivity contribution in [3.63, 3.8) is 0 Å². The minimum Gasteiger partial charge on any atom is -0.481 e. The van der Waals surface area contributed by atoms with Gasteiger partial charge in [0.25, 0.3) is 0 Å². The quantitative estimate of drug-likeness (QED) is 0.0526. The maximum Gasteiger partial charge on any atom is 0.303 e. The molecule has 18 nitrogen and oxygen atoms in total. The number of primary amides is 2. The van der Waals surface area contributed by atoms with E-state index in [1.54, 1.807) is 0 Å². The van der Waals surface area contributed by atoms with E-state index in [1.165, 1.54) is 0 Å². The molecule has 3 rings (SSSR count). The number of carbonyl (C=O) groups is 8. The molecular formula is C43H75N9O9. The van der Waals surface area contributed by atoms with Crippen LogP contribution in [0, 0.1) is 17.8 Å². The fraction of sp³-hybridized carbons (Fsp3) is 0.814. The molecule has 3 fully saturated rings. The van der Waals surface area contributed by atoms with Crippen molar-refractivity contribution in [2.45, 2.75) is 197 Å². The monoisotopic (exact) mass is 862 g/mol. The predicted octanol–water partition coefficient (Wildman–Crippen LogP) is 1.39. The van der Waals surface area contributed by atoms with E-state index in [4.69, 9.17) is 22.9 Å². The number of carboxylic acids is 1. The van der Waals surface area contributed by atoms with Gasteiger partial charge in [0.05, 0.1) is 6.04 Å². The minimum absolute atomic E-state index is 0.0466. The summed E-state index contributed by atoms with van der Waals surface area (Å²) in [4.78, 5) is 105. The molecule has 0 heterocycles. The van der Waals surface area contributed by atoms with Gasteiger partial charge in [-0.2, -0.15) is 0 Å².